The zero-order valence-electron chi connectivity index (χ0n) is 20.1. The first-order chi connectivity index (χ1) is 18.0. The van der Waals surface area contributed by atoms with Gasteiger partial charge in [0.2, 0.25) is 11.8 Å². The Bertz CT molecular complexity index is 1710. The molecule has 37 heavy (non-hydrogen) atoms. The van der Waals surface area contributed by atoms with Crippen molar-refractivity contribution in [2.45, 2.75) is 13.0 Å². The third-order valence-corrected chi connectivity index (χ3v) is 5.81. The number of methoxy groups -OCH3 is 1. The predicted octanol–water partition coefficient (Wildman–Crippen LogP) is 3.87. The number of aromatic nitrogens is 5. The number of hydrogen-bond donors (Lipinski definition) is 2. The minimum Gasteiger partial charge on any atom is -0.481 e. The maximum absolute atomic E-state index is 14.2. The number of fused-ring (bicyclic) bond motifs is 1. The molecular formula is C27H22N8O2. The molecule has 0 saturated carbocycles. The molecule has 0 fully saturated rings. The molecular weight excluding hydrogens is 468 g/mol. The Hall–Kier alpha value is -5.30. The zero-order valence-corrected chi connectivity index (χ0v) is 20.1. The van der Waals surface area contributed by atoms with Crippen LogP contribution in [0.15, 0.2) is 77.7 Å². The number of benzene rings is 2. The number of para-hydroxylation sites is 1. The van der Waals surface area contributed by atoms with Gasteiger partial charge in [0.1, 0.15) is 23.3 Å². The lowest BCUT2D eigenvalue weighted by atomic mass is 10.0. The number of hydrogen-bond acceptors (Lipinski definition) is 9. The average Bonchev–Trinajstić information content (AvgIpc) is 2.93. The number of rotatable bonds is 6. The van der Waals surface area contributed by atoms with Gasteiger partial charge in [-0.05, 0) is 31.2 Å². The van der Waals surface area contributed by atoms with E-state index in [4.69, 9.17) is 15.5 Å². The summed E-state index contributed by atoms with van der Waals surface area (Å²) in [5, 5.41) is 13.1. The first-order valence-electron chi connectivity index (χ1n) is 11.4. The van der Waals surface area contributed by atoms with E-state index in [1.54, 1.807) is 23.8 Å². The van der Waals surface area contributed by atoms with Crippen molar-refractivity contribution in [3.8, 4) is 28.9 Å². The van der Waals surface area contributed by atoms with Crippen LogP contribution in [0.25, 0.3) is 27.8 Å². The van der Waals surface area contributed by atoms with Crippen LogP contribution in [-0.2, 0) is 0 Å². The Kier molecular flexibility index (Phi) is 6.18. The molecule has 0 aliphatic heterocycles. The molecule has 5 rings (SSSR count). The molecule has 1 atom stereocenters. The van der Waals surface area contributed by atoms with Crippen LogP contribution in [0.5, 0.6) is 5.88 Å². The van der Waals surface area contributed by atoms with Crippen LogP contribution in [0.3, 0.4) is 0 Å². The van der Waals surface area contributed by atoms with E-state index in [2.05, 4.69) is 26.3 Å². The van der Waals surface area contributed by atoms with Crippen molar-refractivity contribution in [3.05, 3.63) is 94.7 Å². The van der Waals surface area contributed by atoms with Gasteiger partial charge in [0.15, 0.2) is 0 Å². The van der Waals surface area contributed by atoms with Crippen LogP contribution in [-0.4, -0.2) is 31.6 Å². The number of nitrogens with zero attached hydrogens (tertiary/aromatic N) is 6. The summed E-state index contributed by atoms with van der Waals surface area (Å²) in [5.41, 5.74) is 8.09. The van der Waals surface area contributed by atoms with E-state index in [-0.39, 0.29) is 22.9 Å². The molecule has 0 saturated heterocycles. The summed E-state index contributed by atoms with van der Waals surface area (Å²) >= 11 is 0. The third-order valence-electron chi connectivity index (χ3n) is 5.81. The summed E-state index contributed by atoms with van der Waals surface area (Å²) < 4.78 is 6.84. The van der Waals surface area contributed by atoms with Crippen molar-refractivity contribution in [2.24, 2.45) is 0 Å². The largest absolute Gasteiger partial charge is 0.481 e. The Labute approximate surface area is 212 Å². The SMILES string of the molecule is COc1cccc(-c2cccc3nc([C@@H](C)Nc4nc(N)ncc4C#N)n(-c4ccccc4)c(=O)c23)n1. The van der Waals surface area contributed by atoms with E-state index >= 15 is 0 Å². The molecule has 10 nitrogen and oxygen atoms in total. The van der Waals surface area contributed by atoms with E-state index < -0.39 is 6.04 Å². The Morgan fingerprint density at radius 1 is 1.03 bits per heavy atom. The molecule has 5 aromatic rings. The van der Waals surface area contributed by atoms with Crippen molar-refractivity contribution in [2.75, 3.05) is 18.2 Å². The van der Waals surface area contributed by atoms with Gasteiger partial charge in [-0.25, -0.2) is 15.0 Å². The lowest BCUT2D eigenvalue weighted by Crippen LogP contribution is -2.28. The molecule has 3 N–H and O–H groups in total. The first-order valence-corrected chi connectivity index (χ1v) is 11.4. The normalized spacial score (nSPS) is 11.6. The van der Waals surface area contributed by atoms with E-state index in [1.807, 2.05) is 61.5 Å². The first kappa shape index (κ1) is 23.4. The fourth-order valence-electron chi connectivity index (χ4n) is 4.11. The molecule has 2 aromatic carbocycles. The van der Waals surface area contributed by atoms with Crippen molar-refractivity contribution >= 4 is 22.7 Å². The predicted molar refractivity (Wildman–Crippen MR) is 140 cm³/mol. The molecule has 3 aromatic heterocycles. The topological polar surface area (TPSA) is 145 Å². The summed E-state index contributed by atoms with van der Waals surface area (Å²) in [5.74, 6) is 1.15. The Balaban J connectivity index is 1.74. The molecule has 0 aliphatic rings. The summed E-state index contributed by atoms with van der Waals surface area (Å²) in [4.78, 5) is 31.6. The molecule has 182 valence electrons. The number of nitriles is 1. The second-order valence-electron chi connectivity index (χ2n) is 8.18. The molecule has 0 amide bonds. The van der Waals surface area contributed by atoms with Crippen LogP contribution in [0.1, 0.15) is 24.4 Å². The van der Waals surface area contributed by atoms with Crippen LogP contribution >= 0.6 is 0 Å². The minimum absolute atomic E-state index is 0.0241. The van der Waals surface area contributed by atoms with Crippen LogP contribution in [0.4, 0.5) is 11.8 Å². The van der Waals surface area contributed by atoms with E-state index in [0.29, 0.717) is 39.6 Å². The smallest absolute Gasteiger partial charge is 0.266 e. The van der Waals surface area contributed by atoms with Gasteiger partial charge < -0.3 is 15.8 Å². The van der Waals surface area contributed by atoms with Gasteiger partial charge in [0, 0.05) is 11.6 Å². The lowest BCUT2D eigenvalue weighted by molar-refractivity contribution is 0.398. The van der Waals surface area contributed by atoms with Gasteiger partial charge in [0.05, 0.1) is 41.6 Å². The number of nitrogens with one attached hydrogen (secondary N) is 1. The van der Waals surface area contributed by atoms with E-state index in [1.165, 1.54) is 6.20 Å². The average molecular weight is 491 g/mol. The third kappa shape index (κ3) is 4.41. The van der Waals surface area contributed by atoms with Gasteiger partial charge in [-0.3, -0.25) is 9.36 Å². The molecule has 0 bridgehead atoms. The van der Waals surface area contributed by atoms with Crippen LogP contribution < -0.4 is 21.3 Å². The lowest BCUT2D eigenvalue weighted by Gasteiger charge is -2.21. The molecule has 10 heteroatoms. The highest BCUT2D eigenvalue weighted by Gasteiger charge is 2.22. The van der Waals surface area contributed by atoms with Crippen molar-refractivity contribution in [3.63, 3.8) is 0 Å². The van der Waals surface area contributed by atoms with Gasteiger partial charge >= 0.3 is 0 Å². The fourth-order valence-corrected chi connectivity index (χ4v) is 4.11. The Morgan fingerprint density at radius 3 is 2.57 bits per heavy atom. The minimum atomic E-state index is -0.530. The number of ether oxygens (including phenoxy) is 1. The number of anilines is 2. The van der Waals surface area contributed by atoms with Gasteiger partial charge in [-0.1, -0.05) is 36.4 Å². The van der Waals surface area contributed by atoms with Crippen molar-refractivity contribution in [1.29, 1.82) is 5.26 Å². The second kappa shape index (κ2) is 9.75. The zero-order chi connectivity index (χ0) is 25.9. The summed E-state index contributed by atoms with van der Waals surface area (Å²) in [6.07, 6.45) is 1.35. The maximum Gasteiger partial charge on any atom is 0.266 e. The highest BCUT2D eigenvalue weighted by molar-refractivity contribution is 5.93. The molecule has 0 spiro atoms. The molecule has 0 unspecified atom stereocenters. The quantitative estimate of drug-likeness (QED) is 0.362. The van der Waals surface area contributed by atoms with Crippen LogP contribution in [0.2, 0.25) is 0 Å². The maximum atomic E-state index is 14.2. The number of pyridine rings is 1. The van der Waals surface area contributed by atoms with Crippen molar-refractivity contribution in [1.82, 2.24) is 24.5 Å². The van der Waals surface area contributed by atoms with E-state index in [0.717, 1.165) is 0 Å². The highest BCUT2D eigenvalue weighted by atomic mass is 16.5. The molecule has 3 heterocycles. The molecule has 0 radical (unpaired) electrons. The Morgan fingerprint density at radius 2 is 1.81 bits per heavy atom. The van der Waals surface area contributed by atoms with Gasteiger partial charge in [-0.2, -0.15) is 10.2 Å². The number of nitrogens with two attached hydrogens (primary N) is 1. The molecule has 0 aliphatic carbocycles. The summed E-state index contributed by atoms with van der Waals surface area (Å²) in [7, 11) is 1.54. The van der Waals surface area contributed by atoms with Gasteiger partial charge in [-0.15, -0.1) is 0 Å². The number of nitrogen functional groups attached to an aromatic ring is 1. The fraction of sp³-hybridized carbons (Fsp3) is 0.111. The summed E-state index contributed by atoms with van der Waals surface area (Å²) in [6.45, 7) is 1.83. The van der Waals surface area contributed by atoms with Crippen LogP contribution in [0, 0.1) is 11.3 Å². The van der Waals surface area contributed by atoms with E-state index in [9.17, 15) is 10.1 Å². The summed E-state index contributed by atoms with van der Waals surface area (Å²) in [6, 6.07) is 21.6. The van der Waals surface area contributed by atoms with Gasteiger partial charge in [0.25, 0.3) is 5.56 Å². The van der Waals surface area contributed by atoms with Crippen molar-refractivity contribution < 1.29 is 4.74 Å². The monoisotopic (exact) mass is 490 g/mol. The second-order valence-corrected chi connectivity index (χ2v) is 8.18. The standard InChI is InChI=1S/C27H22N8O2/c1-16(31-24-17(14-28)15-30-27(29)34-24)25-33-21-12-6-10-19(20-11-7-13-22(32-20)37-2)23(21)26(36)35(25)18-8-4-3-5-9-18/h3-13,15-16H,1-2H3,(H3,29,30,31,34)/t16-/m1/s1. The highest BCUT2D eigenvalue weighted by Crippen LogP contribution is 2.28.